The summed E-state index contributed by atoms with van der Waals surface area (Å²) in [5.41, 5.74) is 1.07. The first-order valence-corrected chi connectivity index (χ1v) is 8.95. The van der Waals surface area contributed by atoms with Crippen LogP contribution in [0.15, 0.2) is 64.4 Å². The number of carbonyl (C=O) groups is 2. The molecule has 2 aromatic rings. The summed E-state index contributed by atoms with van der Waals surface area (Å²) in [7, 11) is 1.56. The summed E-state index contributed by atoms with van der Waals surface area (Å²) in [5, 5.41) is 0. The van der Waals surface area contributed by atoms with Gasteiger partial charge < -0.3 is 4.74 Å². The molecule has 4 nitrogen and oxygen atoms in total. The summed E-state index contributed by atoms with van der Waals surface area (Å²) in [6.45, 7) is 2.36. The molecule has 0 N–H and O–H groups in total. The number of amides is 2. The first-order valence-electron chi connectivity index (χ1n) is 8.14. The molecular weight excluding hydrogens is 334 g/mol. The lowest BCUT2D eigenvalue weighted by Crippen LogP contribution is -2.32. The third kappa shape index (κ3) is 3.33. The van der Waals surface area contributed by atoms with Gasteiger partial charge in [0.2, 0.25) is 0 Å². The van der Waals surface area contributed by atoms with Gasteiger partial charge in [-0.05, 0) is 24.6 Å². The summed E-state index contributed by atoms with van der Waals surface area (Å²) < 4.78 is 5.41. The molecule has 1 aliphatic rings. The summed E-state index contributed by atoms with van der Waals surface area (Å²) in [6, 6.07) is 16.9. The molecule has 0 aromatic heterocycles. The molecule has 1 aliphatic heterocycles. The van der Waals surface area contributed by atoms with Gasteiger partial charge in [-0.2, -0.15) is 0 Å². The van der Waals surface area contributed by atoms with Crippen LogP contribution < -0.4 is 4.74 Å². The van der Waals surface area contributed by atoms with Crippen LogP contribution in [0.5, 0.6) is 5.75 Å². The quantitative estimate of drug-likeness (QED) is 0.737. The number of rotatable bonds is 6. The Hall–Kier alpha value is -2.53. The van der Waals surface area contributed by atoms with Crippen LogP contribution in [0, 0.1) is 0 Å². The lowest BCUT2D eigenvalue weighted by molar-refractivity contribution is -0.136. The van der Waals surface area contributed by atoms with Crippen molar-refractivity contribution in [1.82, 2.24) is 4.90 Å². The van der Waals surface area contributed by atoms with Crippen molar-refractivity contribution >= 4 is 29.1 Å². The Balaban J connectivity index is 2.12. The lowest BCUT2D eigenvalue weighted by atomic mass is 10.1. The topological polar surface area (TPSA) is 46.6 Å². The van der Waals surface area contributed by atoms with E-state index in [1.807, 2.05) is 55.5 Å². The number of hydrogen-bond acceptors (Lipinski definition) is 4. The second-order valence-electron chi connectivity index (χ2n) is 5.58. The zero-order chi connectivity index (χ0) is 17.8. The van der Waals surface area contributed by atoms with E-state index in [0.29, 0.717) is 28.3 Å². The van der Waals surface area contributed by atoms with E-state index in [-0.39, 0.29) is 11.8 Å². The van der Waals surface area contributed by atoms with Gasteiger partial charge in [-0.1, -0.05) is 55.1 Å². The maximum atomic E-state index is 13.0. The molecule has 0 saturated heterocycles. The fraction of sp³-hybridized carbons (Fsp3) is 0.200. The number of benzene rings is 2. The predicted molar refractivity (Wildman–Crippen MR) is 99.2 cm³/mol. The monoisotopic (exact) mass is 353 g/mol. The Morgan fingerprint density at radius 2 is 1.64 bits per heavy atom. The number of methoxy groups -OCH3 is 1. The highest BCUT2D eigenvalue weighted by atomic mass is 32.2. The van der Waals surface area contributed by atoms with Crippen LogP contribution in [0.25, 0.3) is 5.57 Å². The molecule has 128 valence electrons. The SMILES string of the molecule is CCCN1C(=O)C(Sc2ccccc2)=C(c2ccccc2OC)C1=O. The van der Waals surface area contributed by atoms with E-state index >= 15 is 0 Å². The van der Waals surface area contributed by atoms with Gasteiger partial charge in [0.25, 0.3) is 11.8 Å². The van der Waals surface area contributed by atoms with Crippen LogP contribution >= 0.6 is 11.8 Å². The zero-order valence-corrected chi connectivity index (χ0v) is 15.0. The number of thioether (sulfide) groups is 1. The van der Waals surface area contributed by atoms with E-state index in [0.717, 1.165) is 11.3 Å². The van der Waals surface area contributed by atoms with E-state index in [1.165, 1.54) is 16.7 Å². The van der Waals surface area contributed by atoms with Gasteiger partial charge in [-0.3, -0.25) is 14.5 Å². The van der Waals surface area contributed by atoms with E-state index in [2.05, 4.69) is 0 Å². The summed E-state index contributed by atoms with van der Waals surface area (Å²) in [6.07, 6.45) is 0.722. The van der Waals surface area contributed by atoms with Crippen molar-refractivity contribution in [1.29, 1.82) is 0 Å². The number of ether oxygens (including phenoxy) is 1. The summed E-state index contributed by atoms with van der Waals surface area (Å²) in [4.78, 5) is 28.5. The normalized spacial score (nSPS) is 14.4. The molecule has 0 spiro atoms. The third-order valence-electron chi connectivity index (χ3n) is 3.91. The Morgan fingerprint density at radius 1 is 0.960 bits per heavy atom. The molecule has 0 unspecified atom stereocenters. The number of carbonyl (C=O) groups excluding carboxylic acids is 2. The third-order valence-corrected chi connectivity index (χ3v) is 5.00. The Bertz CT molecular complexity index is 830. The standard InChI is InChI=1S/C20H19NO3S/c1-3-13-21-19(22)17(15-11-7-8-12-16(15)24-2)18(20(21)23)25-14-9-5-4-6-10-14/h4-12H,3,13H2,1-2H3. The van der Waals surface area contributed by atoms with E-state index in [1.54, 1.807) is 13.2 Å². The first kappa shape index (κ1) is 17.3. The van der Waals surface area contributed by atoms with Crippen molar-refractivity contribution in [3.63, 3.8) is 0 Å². The van der Waals surface area contributed by atoms with Crippen molar-refractivity contribution in [2.24, 2.45) is 0 Å². The second kappa shape index (κ2) is 7.57. The Kier molecular flexibility index (Phi) is 5.24. The number of nitrogens with zero attached hydrogens (tertiary/aromatic N) is 1. The highest BCUT2D eigenvalue weighted by molar-refractivity contribution is 8.04. The van der Waals surface area contributed by atoms with Gasteiger partial charge in [0, 0.05) is 17.0 Å². The highest BCUT2D eigenvalue weighted by Gasteiger charge is 2.39. The maximum Gasteiger partial charge on any atom is 0.268 e. The molecule has 1 heterocycles. The van der Waals surface area contributed by atoms with Crippen LogP contribution in [0.1, 0.15) is 18.9 Å². The van der Waals surface area contributed by atoms with Gasteiger partial charge in [0.15, 0.2) is 0 Å². The summed E-state index contributed by atoms with van der Waals surface area (Å²) in [5.74, 6) is 0.0968. The minimum Gasteiger partial charge on any atom is -0.496 e. The molecule has 0 aliphatic carbocycles. The van der Waals surface area contributed by atoms with Crippen LogP contribution in [-0.2, 0) is 9.59 Å². The van der Waals surface area contributed by atoms with Crippen molar-refractivity contribution < 1.29 is 14.3 Å². The average Bonchev–Trinajstić information content (AvgIpc) is 2.87. The molecule has 2 amide bonds. The molecular formula is C20H19NO3S. The van der Waals surface area contributed by atoms with Gasteiger partial charge in [0.1, 0.15) is 5.75 Å². The lowest BCUT2D eigenvalue weighted by Gasteiger charge is -2.14. The molecule has 0 atom stereocenters. The van der Waals surface area contributed by atoms with Crippen molar-refractivity contribution in [2.75, 3.05) is 13.7 Å². The minimum absolute atomic E-state index is 0.235. The van der Waals surface area contributed by atoms with Crippen molar-refractivity contribution in [3.8, 4) is 5.75 Å². The fourth-order valence-corrected chi connectivity index (χ4v) is 3.80. The molecule has 2 aromatic carbocycles. The number of imide groups is 1. The van der Waals surface area contributed by atoms with E-state index < -0.39 is 0 Å². The van der Waals surface area contributed by atoms with E-state index in [4.69, 9.17) is 4.74 Å². The fourth-order valence-electron chi connectivity index (χ4n) is 2.77. The van der Waals surface area contributed by atoms with Crippen LogP contribution in [0.4, 0.5) is 0 Å². The minimum atomic E-state index is -0.255. The molecule has 0 fully saturated rings. The molecule has 0 saturated carbocycles. The maximum absolute atomic E-state index is 13.0. The Morgan fingerprint density at radius 3 is 2.32 bits per heavy atom. The Labute approximate surface area is 151 Å². The van der Waals surface area contributed by atoms with E-state index in [9.17, 15) is 9.59 Å². The van der Waals surface area contributed by atoms with Gasteiger partial charge >= 0.3 is 0 Å². The van der Waals surface area contributed by atoms with Crippen LogP contribution in [0.2, 0.25) is 0 Å². The zero-order valence-electron chi connectivity index (χ0n) is 14.2. The predicted octanol–water partition coefficient (Wildman–Crippen LogP) is 3.98. The molecule has 0 radical (unpaired) electrons. The summed E-state index contributed by atoms with van der Waals surface area (Å²) >= 11 is 1.33. The first-order chi connectivity index (χ1) is 12.2. The van der Waals surface area contributed by atoms with Crippen LogP contribution in [-0.4, -0.2) is 30.4 Å². The average molecular weight is 353 g/mol. The number of para-hydroxylation sites is 1. The molecule has 3 rings (SSSR count). The van der Waals surface area contributed by atoms with Gasteiger partial charge in [-0.15, -0.1) is 0 Å². The van der Waals surface area contributed by atoms with Gasteiger partial charge in [-0.25, -0.2) is 0 Å². The van der Waals surface area contributed by atoms with Crippen LogP contribution in [0.3, 0.4) is 0 Å². The van der Waals surface area contributed by atoms with Gasteiger partial charge in [0.05, 0.1) is 17.6 Å². The molecule has 5 heteroatoms. The molecule has 25 heavy (non-hydrogen) atoms. The largest absolute Gasteiger partial charge is 0.496 e. The second-order valence-corrected chi connectivity index (χ2v) is 6.67. The van der Waals surface area contributed by atoms with Crippen molar-refractivity contribution in [3.05, 3.63) is 65.1 Å². The number of hydrogen-bond donors (Lipinski definition) is 0. The smallest absolute Gasteiger partial charge is 0.268 e. The van der Waals surface area contributed by atoms with Crippen molar-refractivity contribution in [2.45, 2.75) is 18.2 Å². The highest BCUT2D eigenvalue weighted by Crippen LogP contribution is 2.41. The molecule has 0 bridgehead atoms.